The van der Waals surface area contributed by atoms with Crippen LogP contribution in [0.4, 0.5) is 5.69 Å². The summed E-state index contributed by atoms with van der Waals surface area (Å²) in [6, 6.07) is 12.8. The summed E-state index contributed by atoms with van der Waals surface area (Å²) in [5.74, 6) is 0. The fraction of sp³-hybridized carbons (Fsp3) is 0.188. The molecule has 2 aromatic carbocycles. The van der Waals surface area contributed by atoms with E-state index in [2.05, 4.69) is 33.7 Å². The summed E-state index contributed by atoms with van der Waals surface area (Å²) in [5.41, 5.74) is 4.95. The van der Waals surface area contributed by atoms with Gasteiger partial charge in [-0.1, -0.05) is 23.7 Å². The van der Waals surface area contributed by atoms with E-state index in [0.29, 0.717) is 6.04 Å². The number of anilines is 1. The van der Waals surface area contributed by atoms with Crippen LogP contribution in [0.15, 0.2) is 42.6 Å². The van der Waals surface area contributed by atoms with Crippen LogP contribution in [0.5, 0.6) is 0 Å². The second-order valence-electron chi connectivity index (χ2n) is 5.30. The van der Waals surface area contributed by atoms with Crippen molar-refractivity contribution in [2.24, 2.45) is 0 Å². The van der Waals surface area contributed by atoms with Crippen LogP contribution in [0.1, 0.15) is 11.1 Å². The summed E-state index contributed by atoms with van der Waals surface area (Å²) < 4.78 is 0. The molecule has 1 aliphatic rings. The third kappa shape index (κ3) is 1.95. The second-order valence-corrected chi connectivity index (χ2v) is 5.74. The molecule has 0 bridgehead atoms. The number of nitrogens with zero attached hydrogens (tertiary/aromatic N) is 1. The molecule has 1 aliphatic carbocycles. The first kappa shape index (κ1) is 11.8. The average molecular weight is 284 g/mol. The largest absolute Gasteiger partial charge is 0.381 e. The molecular formula is C16H14ClN3. The van der Waals surface area contributed by atoms with Gasteiger partial charge in [-0.05, 0) is 48.2 Å². The molecule has 4 heteroatoms. The van der Waals surface area contributed by atoms with E-state index in [9.17, 15) is 0 Å². The quantitative estimate of drug-likeness (QED) is 0.751. The van der Waals surface area contributed by atoms with Gasteiger partial charge in [0.2, 0.25) is 0 Å². The Morgan fingerprint density at radius 2 is 2.05 bits per heavy atom. The highest BCUT2D eigenvalue weighted by molar-refractivity contribution is 6.30. The number of fused-ring (bicyclic) bond motifs is 2. The summed E-state index contributed by atoms with van der Waals surface area (Å²) in [7, 11) is 0. The Kier molecular flexibility index (Phi) is 2.67. The molecule has 0 spiro atoms. The summed E-state index contributed by atoms with van der Waals surface area (Å²) in [5, 5.41) is 12.7. The van der Waals surface area contributed by atoms with Crippen molar-refractivity contribution in [2.75, 3.05) is 5.32 Å². The first-order valence-electron chi connectivity index (χ1n) is 6.75. The zero-order valence-corrected chi connectivity index (χ0v) is 11.6. The maximum atomic E-state index is 6.06. The number of rotatable bonds is 2. The molecule has 3 nitrogen and oxygen atoms in total. The lowest BCUT2D eigenvalue weighted by atomic mass is 10.1. The van der Waals surface area contributed by atoms with Crippen molar-refractivity contribution >= 4 is 28.2 Å². The molecule has 0 aliphatic heterocycles. The van der Waals surface area contributed by atoms with Crippen molar-refractivity contribution in [1.29, 1.82) is 0 Å². The number of benzene rings is 2. The number of H-pyrrole nitrogens is 1. The third-order valence-electron chi connectivity index (χ3n) is 3.95. The highest BCUT2D eigenvalue weighted by Gasteiger charge is 2.21. The highest BCUT2D eigenvalue weighted by atomic mass is 35.5. The Morgan fingerprint density at radius 3 is 3.00 bits per heavy atom. The molecule has 2 N–H and O–H groups in total. The van der Waals surface area contributed by atoms with Crippen LogP contribution in [0.2, 0.25) is 5.02 Å². The van der Waals surface area contributed by atoms with Crippen LogP contribution in [0.25, 0.3) is 10.9 Å². The minimum atomic E-state index is 0.420. The number of nitrogens with one attached hydrogen (secondary N) is 2. The van der Waals surface area contributed by atoms with E-state index in [4.69, 9.17) is 11.6 Å². The normalized spacial score (nSPS) is 17.4. The van der Waals surface area contributed by atoms with Gasteiger partial charge < -0.3 is 5.32 Å². The molecule has 0 fully saturated rings. The van der Waals surface area contributed by atoms with Crippen molar-refractivity contribution in [3.8, 4) is 0 Å². The Morgan fingerprint density at radius 1 is 1.15 bits per heavy atom. The van der Waals surface area contributed by atoms with Crippen molar-refractivity contribution in [3.05, 3.63) is 58.7 Å². The average Bonchev–Trinajstić information content (AvgIpc) is 3.04. The van der Waals surface area contributed by atoms with Gasteiger partial charge in [-0.25, -0.2) is 0 Å². The maximum absolute atomic E-state index is 6.06. The summed E-state index contributed by atoms with van der Waals surface area (Å²) in [6.45, 7) is 0. The van der Waals surface area contributed by atoms with Crippen LogP contribution in [-0.2, 0) is 12.8 Å². The lowest BCUT2D eigenvalue weighted by molar-refractivity contribution is 0.775. The van der Waals surface area contributed by atoms with Gasteiger partial charge in [0.05, 0.1) is 11.7 Å². The van der Waals surface area contributed by atoms with Gasteiger partial charge in [0.15, 0.2) is 0 Å². The van der Waals surface area contributed by atoms with Crippen LogP contribution in [0, 0.1) is 0 Å². The van der Waals surface area contributed by atoms with Gasteiger partial charge in [-0.15, -0.1) is 0 Å². The predicted molar refractivity (Wildman–Crippen MR) is 82.4 cm³/mol. The number of aromatic amines is 1. The van der Waals surface area contributed by atoms with Crippen LogP contribution < -0.4 is 5.32 Å². The molecule has 1 atom stereocenters. The lowest BCUT2D eigenvalue weighted by Gasteiger charge is -2.14. The Labute approximate surface area is 122 Å². The van der Waals surface area contributed by atoms with Gasteiger partial charge in [0, 0.05) is 22.1 Å². The van der Waals surface area contributed by atoms with Crippen LogP contribution >= 0.6 is 11.6 Å². The van der Waals surface area contributed by atoms with E-state index in [0.717, 1.165) is 34.5 Å². The summed E-state index contributed by atoms with van der Waals surface area (Å²) in [4.78, 5) is 0. The van der Waals surface area contributed by atoms with Gasteiger partial charge in [0.1, 0.15) is 0 Å². The van der Waals surface area contributed by atoms with Gasteiger partial charge in [0.25, 0.3) is 0 Å². The fourth-order valence-electron chi connectivity index (χ4n) is 3.00. The van der Waals surface area contributed by atoms with E-state index >= 15 is 0 Å². The van der Waals surface area contributed by atoms with Gasteiger partial charge in [-0.2, -0.15) is 5.10 Å². The monoisotopic (exact) mass is 283 g/mol. The molecular weight excluding hydrogens is 270 g/mol. The summed E-state index contributed by atoms with van der Waals surface area (Å²) >= 11 is 6.06. The smallest absolute Gasteiger partial charge is 0.0671 e. The SMILES string of the molecule is Clc1ccc2c(c1)CC(Nc1cccc3[nH]ncc13)C2. The lowest BCUT2D eigenvalue weighted by Crippen LogP contribution is -2.19. The van der Waals surface area contributed by atoms with Crippen molar-refractivity contribution in [2.45, 2.75) is 18.9 Å². The third-order valence-corrected chi connectivity index (χ3v) is 4.18. The molecule has 20 heavy (non-hydrogen) atoms. The molecule has 4 rings (SSSR count). The molecule has 3 aromatic rings. The number of aromatic nitrogens is 2. The zero-order valence-electron chi connectivity index (χ0n) is 10.9. The number of halogens is 1. The van der Waals surface area contributed by atoms with Crippen molar-refractivity contribution in [3.63, 3.8) is 0 Å². The minimum Gasteiger partial charge on any atom is -0.381 e. The highest BCUT2D eigenvalue weighted by Crippen LogP contribution is 2.29. The van der Waals surface area contributed by atoms with E-state index in [1.807, 2.05) is 24.4 Å². The van der Waals surface area contributed by atoms with Gasteiger partial charge >= 0.3 is 0 Å². The van der Waals surface area contributed by atoms with Gasteiger partial charge in [-0.3, -0.25) is 5.10 Å². The standard InChI is InChI=1S/C16H14ClN3/c17-12-5-4-10-7-13(8-11(10)6-12)19-15-2-1-3-16-14(15)9-18-20-16/h1-6,9,13,19H,7-8H2,(H,18,20). The van der Waals surface area contributed by atoms with Crippen LogP contribution in [-0.4, -0.2) is 16.2 Å². The Balaban J connectivity index is 1.61. The molecule has 100 valence electrons. The van der Waals surface area contributed by atoms with E-state index in [1.165, 1.54) is 11.1 Å². The Hall–Kier alpha value is -2.00. The van der Waals surface area contributed by atoms with Crippen molar-refractivity contribution in [1.82, 2.24) is 10.2 Å². The van der Waals surface area contributed by atoms with E-state index < -0.39 is 0 Å². The predicted octanol–water partition coefficient (Wildman–Crippen LogP) is 3.80. The number of hydrogen-bond donors (Lipinski definition) is 2. The molecule has 1 heterocycles. The molecule has 1 aromatic heterocycles. The second kappa shape index (κ2) is 4.53. The van der Waals surface area contributed by atoms with E-state index in [-0.39, 0.29) is 0 Å². The van der Waals surface area contributed by atoms with Crippen molar-refractivity contribution < 1.29 is 0 Å². The molecule has 0 saturated carbocycles. The molecule has 0 radical (unpaired) electrons. The number of hydrogen-bond acceptors (Lipinski definition) is 2. The fourth-order valence-corrected chi connectivity index (χ4v) is 3.20. The van der Waals surface area contributed by atoms with E-state index in [1.54, 1.807) is 0 Å². The zero-order chi connectivity index (χ0) is 13.5. The minimum absolute atomic E-state index is 0.420. The maximum Gasteiger partial charge on any atom is 0.0671 e. The van der Waals surface area contributed by atoms with Crippen LogP contribution in [0.3, 0.4) is 0 Å². The Bertz CT molecular complexity index is 778. The summed E-state index contributed by atoms with van der Waals surface area (Å²) in [6.07, 6.45) is 3.93. The first-order chi connectivity index (χ1) is 9.79. The molecule has 0 saturated heterocycles. The molecule has 0 amide bonds. The topological polar surface area (TPSA) is 40.7 Å². The first-order valence-corrected chi connectivity index (χ1v) is 7.13. The molecule has 1 unspecified atom stereocenters.